The van der Waals surface area contributed by atoms with Crippen LogP contribution in [-0.2, 0) is 54.4 Å². The highest BCUT2D eigenvalue weighted by Gasteiger charge is 2.42. The van der Waals surface area contributed by atoms with Crippen molar-refractivity contribution in [1.29, 1.82) is 0 Å². The predicted octanol–water partition coefficient (Wildman–Crippen LogP) is 0.362. The zero-order valence-electron chi connectivity index (χ0n) is 42.9. The van der Waals surface area contributed by atoms with E-state index in [2.05, 4.69) is 47.2 Å². The molecule has 0 bridgehead atoms. The number of primary amides is 1. The zero-order chi connectivity index (χ0) is 55.7. The minimum atomic E-state index is -1.80. The number of fused-ring (bicyclic) bond motifs is 1. The van der Waals surface area contributed by atoms with Crippen molar-refractivity contribution in [2.45, 2.75) is 154 Å². The highest BCUT2D eigenvalue weighted by atomic mass is 127. The van der Waals surface area contributed by atoms with Gasteiger partial charge >= 0.3 is 5.97 Å². The Morgan fingerprint density at radius 2 is 1.55 bits per heavy atom. The molecule has 27 heteroatoms. The second-order valence-electron chi connectivity index (χ2n) is 19.9. The molecule has 2 aliphatic heterocycles. The molecule has 3 unspecified atom stereocenters. The third-order valence-electron chi connectivity index (χ3n) is 12.8. The van der Waals surface area contributed by atoms with Crippen LogP contribution in [-0.4, -0.2) is 162 Å². The van der Waals surface area contributed by atoms with Crippen LogP contribution in [0.4, 0.5) is 0 Å². The lowest BCUT2D eigenvalue weighted by atomic mass is 9.92. The van der Waals surface area contributed by atoms with E-state index in [4.69, 9.17) is 5.73 Å². The lowest BCUT2D eigenvalue weighted by Crippen LogP contribution is -2.61. The van der Waals surface area contributed by atoms with Gasteiger partial charge in [0, 0.05) is 43.5 Å². The first kappa shape index (κ1) is 62.1. The molecule has 416 valence electrons. The number of halogens is 1. The van der Waals surface area contributed by atoms with Gasteiger partial charge in [0.15, 0.2) is 0 Å². The van der Waals surface area contributed by atoms with Gasteiger partial charge in [-0.3, -0.25) is 47.9 Å². The second-order valence-corrected chi connectivity index (χ2v) is 23.7. The summed E-state index contributed by atoms with van der Waals surface area (Å²) in [5.74, 6) is -9.96. The van der Waals surface area contributed by atoms with Crippen molar-refractivity contribution in [3.8, 4) is 0 Å². The monoisotopic (exact) mass is 1200 g/mol. The summed E-state index contributed by atoms with van der Waals surface area (Å²) in [6.45, 7) is 10.6. The number of nitrogens with two attached hydrogens (primary N) is 1. The van der Waals surface area contributed by atoms with E-state index in [1.807, 2.05) is 36.4 Å². The normalized spacial score (nSPS) is 25.2. The number of nitrogens with zero attached hydrogens (tertiary/aromatic N) is 2. The number of carboxylic acid groups (broad SMARTS) is 1. The molecule has 9 amide bonds. The van der Waals surface area contributed by atoms with Gasteiger partial charge in [0.05, 0.1) is 28.1 Å². The summed E-state index contributed by atoms with van der Waals surface area (Å²) in [6.07, 6.45) is 4.41. The molecule has 0 aromatic carbocycles. The summed E-state index contributed by atoms with van der Waals surface area (Å²) in [5.41, 5.74) is 5.96. The molecule has 0 spiro atoms. The molecular formula is C48H72IN11O13S2. The molecule has 0 radical (unpaired) electrons. The Kier molecular flexibility index (Phi) is 24.7. The van der Waals surface area contributed by atoms with Crippen molar-refractivity contribution in [2.75, 3.05) is 18.1 Å². The number of carboxylic acids is 1. The summed E-state index contributed by atoms with van der Waals surface area (Å²) in [5, 5.41) is 49.3. The maximum atomic E-state index is 14.5. The highest BCUT2D eigenvalue weighted by Crippen LogP contribution is 2.30. The van der Waals surface area contributed by atoms with Gasteiger partial charge in [0.25, 0.3) is 0 Å². The fraction of sp³-hybridized carbons (Fsp3) is 0.646. The van der Waals surface area contributed by atoms with Crippen LogP contribution in [0.3, 0.4) is 0 Å². The van der Waals surface area contributed by atoms with Crippen molar-refractivity contribution in [1.82, 2.24) is 52.1 Å². The number of carbonyl (C=O) groups excluding carboxylic acids is 9. The number of imidazole rings is 1. The molecular weight excluding hydrogens is 1130 g/mol. The molecule has 24 nitrogen and oxygen atoms in total. The molecule has 4 rings (SSSR count). The van der Waals surface area contributed by atoms with Gasteiger partial charge < -0.3 is 68.2 Å². The number of carbonyl (C=O) groups is 10. The second kappa shape index (κ2) is 29.8. The van der Waals surface area contributed by atoms with Crippen molar-refractivity contribution in [2.24, 2.45) is 29.4 Å². The van der Waals surface area contributed by atoms with Gasteiger partial charge in [-0.2, -0.15) is 0 Å². The molecule has 1 aromatic rings. The van der Waals surface area contributed by atoms with E-state index in [0.29, 0.717) is 15.7 Å². The average molecular weight is 1200 g/mol. The van der Waals surface area contributed by atoms with Crippen molar-refractivity contribution in [3.05, 3.63) is 39.7 Å². The van der Waals surface area contributed by atoms with Gasteiger partial charge in [-0.05, 0) is 78.0 Å². The number of allylic oxidation sites excluding steroid dienone is 3. The largest absolute Gasteiger partial charge is 0.507 e. The number of aromatic amines is 1. The summed E-state index contributed by atoms with van der Waals surface area (Å²) in [7, 11) is 2.25. The van der Waals surface area contributed by atoms with Crippen LogP contribution in [0.15, 0.2) is 34.0 Å². The van der Waals surface area contributed by atoms with E-state index in [0.717, 1.165) is 21.6 Å². The third-order valence-corrected chi connectivity index (χ3v) is 16.1. The van der Waals surface area contributed by atoms with Gasteiger partial charge in [0.1, 0.15) is 54.1 Å². The number of aliphatic hydroxyl groups is 2. The van der Waals surface area contributed by atoms with Crippen LogP contribution >= 0.6 is 44.2 Å². The predicted molar refractivity (Wildman–Crippen MR) is 287 cm³/mol. The molecule has 75 heavy (non-hydrogen) atoms. The van der Waals surface area contributed by atoms with Crippen molar-refractivity contribution in [3.63, 3.8) is 0 Å². The molecule has 1 aromatic heterocycles. The van der Waals surface area contributed by atoms with Crippen LogP contribution in [0.5, 0.6) is 0 Å². The number of H-pyrrole nitrogens is 1. The summed E-state index contributed by atoms with van der Waals surface area (Å²) in [6, 6.07) is -10.9. The van der Waals surface area contributed by atoms with Gasteiger partial charge in [-0.15, -0.1) is 0 Å². The van der Waals surface area contributed by atoms with E-state index in [9.17, 15) is 63.3 Å². The first-order chi connectivity index (χ1) is 35.4. The molecule has 2 saturated heterocycles. The Morgan fingerprint density at radius 3 is 2.16 bits per heavy atom. The number of amides is 9. The SMILES string of the molecule is CCC(C)[C@H](NC(=O)[C@H](Cc1c[nH]cn1)NC(=O)[C@@H]1CSSCCC(=O)N2CC(O)C[C@H]2C(=O)N[C@@H](CC2C=C(I)C(O)=CC2)C(=O)N[C@@H](CC(=O)O)C(=O)N[C@@H](CC(C)C)C(=O)N1)C(=O)N[C@@H](CC(C)C)C(N)=O. The van der Waals surface area contributed by atoms with Gasteiger partial charge in [0.2, 0.25) is 53.2 Å². The maximum absolute atomic E-state index is 14.5. The number of aliphatic hydroxyl groups excluding tert-OH is 2. The number of aromatic nitrogens is 2. The quantitative estimate of drug-likeness (QED) is 0.0657. The first-order valence-electron chi connectivity index (χ1n) is 25.0. The van der Waals surface area contributed by atoms with E-state index < -0.39 is 132 Å². The maximum Gasteiger partial charge on any atom is 0.305 e. The van der Waals surface area contributed by atoms with E-state index in [1.54, 1.807) is 33.8 Å². The lowest BCUT2D eigenvalue weighted by Gasteiger charge is -2.30. The Balaban J connectivity index is 1.69. The Bertz CT molecular complexity index is 2290. The van der Waals surface area contributed by atoms with Crippen LogP contribution in [0.2, 0.25) is 0 Å². The third kappa shape index (κ3) is 19.6. The summed E-state index contributed by atoms with van der Waals surface area (Å²) >= 11 is 1.91. The average Bonchev–Trinajstić information content (AvgIpc) is 4.01. The smallest absolute Gasteiger partial charge is 0.305 e. The first-order valence-corrected chi connectivity index (χ1v) is 28.5. The number of rotatable bonds is 19. The Morgan fingerprint density at radius 1 is 0.880 bits per heavy atom. The standard InChI is InChI=1S/C48H72IN11O13S2/c1-7-25(6)40(48(73)53-30(41(50)66)12-23(2)3)59-45(70)33(16-27-19-51-22-52-27)55-46(71)35-21-75-74-11-10-38(63)60-20-28(61)17-36(60)47(72)57-32(15-26-8-9-37(62)29(49)14-26)43(68)56-34(18-39(64)65)44(69)54-31(13-24(4)5)42(67)58-35/h9,14,19,22-26,28,30-36,40,61-62H,7-8,10-13,15-18,20-21H2,1-6H3,(H2,50,66)(H,51,52)(H,53,73)(H,54,69)(H,55,71)(H,56,68)(H,57,72)(H,58,67)(H,59,70)(H,64,65)/t25?,26?,28?,30-,31-,32-,33-,34-,35-,36-,40-/m0/s1. The topological polar surface area (TPSA) is 374 Å². The minimum Gasteiger partial charge on any atom is -0.507 e. The summed E-state index contributed by atoms with van der Waals surface area (Å²) < 4.78 is 0.483. The van der Waals surface area contributed by atoms with Gasteiger partial charge in [-0.1, -0.05) is 75.6 Å². The number of nitrogens with one attached hydrogen (secondary N) is 8. The number of hydrogen-bond acceptors (Lipinski definition) is 15. The zero-order valence-corrected chi connectivity index (χ0v) is 46.7. The van der Waals surface area contributed by atoms with E-state index >= 15 is 0 Å². The summed E-state index contributed by atoms with van der Waals surface area (Å²) in [4.78, 5) is 146. The number of aliphatic carboxylic acids is 1. The molecule has 2 fully saturated rings. The molecule has 1 aliphatic carbocycles. The van der Waals surface area contributed by atoms with Gasteiger partial charge in [-0.25, -0.2) is 4.98 Å². The van der Waals surface area contributed by atoms with E-state index in [1.165, 1.54) is 23.5 Å². The molecule has 3 aliphatic rings. The van der Waals surface area contributed by atoms with Crippen LogP contribution in [0, 0.1) is 23.7 Å². The molecule has 13 N–H and O–H groups in total. The lowest BCUT2D eigenvalue weighted by molar-refractivity contribution is -0.142. The fourth-order valence-electron chi connectivity index (χ4n) is 8.59. The van der Waals surface area contributed by atoms with Crippen molar-refractivity contribution >= 4 is 103 Å². The number of hydrogen-bond donors (Lipinski definition) is 12. The minimum absolute atomic E-state index is 0.0107. The van der Waals surface area contributed by atoms with E-state index in [-0.39, 0.29) is 80.6 Å². The van der Waals surface area contributed by atoms with Crippen LogP contribution in [0.25, 0.3) is 0 Å². The van der Waals surface area contributed by atoms with Crippen LogP contribution in [0.1, 0.15) is 98.6 Å². The fourth-order valence-corrected chi connectivity index (χ4v) is 11.5. The Labute approximate surface area is 457 Å². The van der Waals surface area contributed by atoms with Crippen molar-refractivity contribution < 1.29 is 63.3 Å². The van der Waals surface area contributed by atoms with Crippen LogP contribution < -0.4 is 43.0 Å². The highest BCUT2D eigenvalue weighted by molar-refractivity contribution is 14.1. The molecule has 0 saturated carbocycles. The Hall–Kier alpha value is -5.42. The molecule has 11 atom stereocenters. The molecule has 3 heterocycles.